The van der Waals surface area contributed by atoms with Crippen LogP contribution in [0.1, 0.15) is 44.0 Å². The van der Waals surface area contributed by atoms with Crippen molar-refractivity contribution in [3.63, 3.8) is 0 Å². The number of hydrogen-bond donors (Lipinski definition) is 1. The molecular weight excluding hydrogens is 322 g/mol. The number of benzene rings is 1. The smallest absolute Gasteiger partial charge is 0.338 e. The summed E-state index contributed by atoms with van der Waals surface area (Å²) in [6.07, 6.45) is 1.85. The SMILES string of the molecule is CCCCOC(=O)c1ccc(NC(=O)C(C)(C)Br)cc1. The highest BCUT2D eigenvalue weighted by atomic mass is 79.9. The van der Waals surface area contributed by atoms with Crippen LogP contribution in [0.15, 0.2) is 24.3 Å². The second-order valence-corrected chi connectivity index (χ2v) is 6.98. The minimum Gasteiger partial charge on any atom is -0.462 e. The zero-order valence-corrected chi connectivity index (χ0v) is 13.6. The molecule has 1 N–H and O–H groups in total. The molecule has 0 saturated heterocycles. The summed E-state index contributed by atoms with van der Waals surface area (Å²) in [6, 6.07) is 6.66. The lowest BCUT2D eigenvalue weighted by atomic mass is 10.1. The molecule has 1 aromatic rings. The first kappa shape index (κ1) is 16.7. The average Bonchev–Trinajstić information content (AvgIpc) is 2.38. The van der Waals surface area contributed by atoms with Crippen molar-refractivity contribution in [2.75, 3.05) is 11.9 Å². The number of rotatable bonds is 6. The van der Waals surface area contributed by atoms with Crippen molar-refractivity contribution >= 4 is 33.5 Å². The number of nitrogens with one attached hydrogen (secondary N) is 1. The lowest BCUT2D eigenvalue weighted by Gasteiger charge is -2.15. The number of hydrogen-bond acceptors (Lipinski definition) is 3. The third-order valence-electron chi connectivity index (χ3n) is 2.65. The highest BCUT2D eigenvalue weighted by Gasteiger charge is 2.23. The molecule has 0 saturated carbocycles. The first-order chi connectivity index (χ1) is 9.34. The van der Waals surface area contributed by atoms with Gasteiger partial charge in [0, 0.05) is 5.69 Å². The molecule has 0 radical (unpaired) electrons. The normalized spacial score (nSPS) is 11.0. The van der Waals surface area contributed by atoms with E-state index in [2.05, 4.69) is 21.2 Å². The molecular formula is C15H20BrNO3. The van der Waals surface area contributed by atoms with Gasteiger partial charge in [-0.2, -0.15) is 0 Å². The Balaban J connectivity index is 2.60. The van der Waals surface area contributed by atoms with Crippen molar-refractivity contribution in [2.45, 2.75) is 37.9 Å². The van der Waals surface area contributed by atoms with E-state index in [1.54, 1.807) is 38.1 Å². The van der Waals surface area contributed by atoms with E-state index < -0.39 is 4.32 Å². The summed E-state index contributed by atoms with van der Waals surface area (Å²) < 4.78 is 4.48. The standard InChI is InChI=1S/C15H20BrNO3/c1-4-5-10-20-13(18)11-6-8-12(9-7-11)17-14(19)15(2,3)16/h6-9H,4-5,10H2,1-3H3,(H,17,19). The molecule has 20 heavy (non-hydrogen) atoms. The van der Waals surface area contributed by atoms with E-state index in [0.717, 1.165) is 12.8 Å². The maximum atomic E-state index is 11.8. The molecule has 0 fully saturated rings. The third kappa shape index (κ3) is 5.33. The maximum Gasteiger partial charge on any atom is 0.338 e. The molecule has 0 aliphatic carbocycles. The topological polar surface area (TPSA) is 55.4 Å². The Hall–Kier alpha value is -1.36. The minimum absolute atomic E-state index is 0.143. The second-order valence-electron chi connectivity index (χ2n) is 4.99. The van der Waals surface area contributed by atoms with E-state index in [4.69, 9.17) is 4.74 Å². The number of ether oxygens (including phenoxy) is 1. The quantitative estimate of drug-likeness (QED) is 0.487. The van der Waals surface area contributed by atoms with Gasteiger partial charge in [0.1, 0.15) is 0 Å². The largest absolute Gasteiger partial charge is 0.462 e. The van der Waals surface area contributed by atoms with Gasteiger partial charge >= 0.3 is 5.97 Å². The van der Waals surface area contributed by atoms with Crippen LogP contribution in [0, 0.1) is 0 Å². The summed E-state index contributed by atoms with van der Waals surface area (Å²) >= 11 is 3.29. The van der Waals surface area contributed by atoms with Gasteiger partial charge in [-0.1, -0.05) is 29.3 Å². The molecule has 0 heterocycles. The molecule has 1 aromatic carbocycles. The Morgan fingerprint density at radius 2 is 1.85 bits per heavy atom. The number of carbonyl (C=O) groups is 2. The van der Waals surface area contributed by atoms with Gasteiger partial charge in [0.25, 0.3) is 0 Å². The Kier molecular flexibility index (Phi) is 6.20. The molecule has 0 atom stereocenters. The monoisotopic (exact) mass is 341 g/mol. The van der Waals surface area contributed by atoms with Crippen molar-refractivity contribution in [2.24, 2.45) is 0 Å². The Morgan fingerprint density at radius 1 is 1.25 bits per heavy atom. The van der Waals surface area contributed by atoms with Gasteiger partial charge in [0.05, 0.1) is 16.5 Å². The molecule has 110 valence electrons. The molecule has 0 unspecified atom stereocenters. The Morgan fingerprint density at radius 3 is 2.35 bits per heavy atom. The van der Waals surface area contributed by atoms with Crippen LogP contribution in [0.3, 0.4) is 0 Å². The van der Waals surface area contributed by atoms with Crippen molar-refractivity contribution in [3.8, 4) is 0 Å². The van der Waals surface area contributed by atoms with Crippen LogP contribution in [-0.2, 0) is 9.53 Å². The molecule has 5 heteroatoms. The Bertz CT molecular complexity index is 463. The van der Waals surface area contributed by atoms with Gasteiger partial charge in [0.2, 0.25) is 5.91 Å². The van der Waals surface area contributed by atoms with Crippen LogP contribution in [0.2, 0.25) is 0 Å². The summed E-state index contributed by atoms with van der Waals surface area (Å²) in [5.41, 5.74) is 1.13. The number of carbonyl (C=O) groups excluding carboxylic acids is 2. The zero-order valence-electron chi connectivity index (χ0n) is 12.0. The number of alkyl halides is 1. The third-order valence-corrected chi connectivity index (χ3v) is 3.01. The Labute approximate surface area is 128 Å². The van der Waals surface area contributed by atoms with Crippen LogP contribution in [0.25, 0.3) is 0 Å². The predicted molar refractivity (Wildman–Crippen MR) is 83.3 cm³/mol. The van der Waals surface area contributed by atoms with Gasteiger partial charge in [0.15, 0.2) is 0 Å². The van der Waals surface area contributed by atoms with E-state index in [1.165, 1.54) is 0 Å². The van der Waals surface area contributed by atoms with Gasteiger partial charge in [-0.15, -0.1) is 0 Å². The molecule has 0 aliphatic heterocycles. The number of esters is 1. The first-order valence-electron chi connectivity index (χ1n) is 6.62. The number of unbranched alkanes of at least 4 members (excludes halogenated alkanes) is 1. The maximum absolute atomic E-state index is 11.8. The van der Waals surface area contributed by atoms with E-state index in [0.29, 0.717) is 17.9 Å². The van der Waals surface area contributed by atoms with Gasteiger partial charge in [-0.25, -0.2) is 4.79 Å². The summed E-state index contributed by atoms with van der Waals surface area (Å²) in [5.74, 6) is -0.479. The zero-order chi connectivity index (χ0) is 15.2. The molecule has 1 amide bonds. The number of amides is 1. The highest BCUT2D eigenvalue weighted by molar-refractivity contribution is 9.10. The van der Waals surface area contributed by atoms with E-state index in [1.807, 2.05) is 6.92 Å². The van der Waals surface area contributed by atoms with Crippen LogP contribution < -0.4 is 5.32 Å². The average molecular weight is 342 g/mol. The van der Waals surface area contributed by atoms with E-state index in [9.17, 15) is 9.59 Å². The van der Waals surface area contributed by atoms with Crippen LogP contribution >= 0.6 is 15.9 Å². The molecule has 0 spiro atoms. The van der Waals surface area contributed by atoms with Crippen LogP contribution in [0.4, 0.5) is 5.69 Å². The van der Waals surface area contributed by atoms with Gasteiger partial charge in [-0.3, -0.25) is 4.79 Å². The van der Waals surface area contributed by atoms with Crippen molar-refractivity contribution in [3.05, 3.63) is 29.8 Å². The fraction of sp³-hybridized carbons (Fsp3) is 0.467. The summed E-state index contributed by atoms with van der Waals surface area (Å²) in [5, 5.41) is 2.76. The first-order valence-corrected chi connectivity index (χ1v) is 7.41. The van der Waals surface area contributed by atoms with Crippen molar-refractivity contribution < 1.29 is 14.3 Å². The minimum atomic E-state index is -0.634. The molecule has 1 rings (SSSR count). The number of halogens is 1. The summed E-state index contributed by atoms with van der Waals surface area (Å²) in [6.45, 7) is 6.01. The number of anilines is 1. The van der Waals surface area contributed by atoms with Gasteiger partial charge in [-0.05, 0) is 44.5 Å². The molecule has 0 bridgehead atoms. The molecule has 0 aliphatic rings. The fourth-order valence-electron chi connectivity index (χ4n) is 1.36. The van der Waals surface area contributed by atoms with Crippen molar-refractivity contribution in [1.29, 1.82) is 0 Å². The van der Waals surface area contributed by atoms with Gasteiger partial charge < -0.3 is 10.1 Å². The second kappa shape index (κ2) is 7.43. The molecule has 4 nitrogen and oxygen atoms in total. The molecule has 0 aromatic heterocycles. The van der Waals surface area contributed by atoms with Crippen LogP contribution in [-0.4, -0.2) is 22.8 Å². The lowest BCUT2D eigenvalue weighted by molar-refractivity contribution is -0.117. The predicted octanol–water partition coefficient (Wildman–Crippen LogP) is 3.76. The summed E-state index contributed by atoms with van der Waals surface area (Å²) in [7, 11) is 0. The fourth-order valence-corrected chi connectivity index (χ4v) is 1.46. The highest BCUT2D eigenvalue weighted by Crippen LogP contribution is 2.19. The van der Waals surface area contributed by atoms with Crippen molar-refractivity contribution in [1.82, 2.24) is 0 Å². The van der Waals surface area contributed by atoms with E-state index >= 15 is 0 Å². The summed E-state index contributed by atoms with van der Waals surface area (Å²) in [4.78, 5) is 23.5. The van der Waals surface area contributed by atoms with Crippen LogP contribution in [0.5, 0.6) is 0 Å². The van der Waals surface area contributed by atoms with E-state index in [-0.39, 0.29) is 11.9 Å². The lowest BCUT2D eigenvalue weighted by Crippen LogP contribution is -2.30.